The summed E-state index contributed by atoms with van der Waals surface area (Å²) in [6, 6.07) is -0.0881. The van der Waals surface area contributed by atoms with Crippen LogP contribution in [0.3, 0.4) is 0 Å². The van der Waals surface area contributed by atoms with Crippen LogP contribution in [0.4, 0.5) is 0 Å². The van der Waals surface area contributed by atoms with E-state index in [-0.39, 0.29) is 11.9 Å². The molecule has 0 aliphatic carbocycles. The minimum absolute atomic E-state index is 0.00871. The Bertz CT molecular complexity index is 167. The SMILES string of the molecule is BCC(=O)NC(COC)CON(C)C. The van der Waals surface area contributed by atoms with Gasteiger partial charge in [0.1, 0.15) is 7.85 Å². The standard InChI is InChI=1S/C8H19BN2O3/c1-11(2)14-6-7(5-13-3)10-8(12)4-9/h7H,4-6,9H2,1-3H3,(H,10,12). The highest BCUT2D eigenvalue weighted by atomic mass is 16.7. The average molecular weight is 202 g/mol. The van der Waals surface area contributed by atoms with E-state index < -0.39 is 0 Å². The van der Waals surface area contributed by atoms with Crippen LogP contribution < -0.4 is 5.32 Å². The van der Waals surface area contributed by atoms with Crippen molar-refractivity contribution in [2.24, 2.45) is 0 Å². The number of carbonyl (C=O) groups is 1. The first-order chi connectivity index (χ1) is 6.60. The Balaban J connectivity index is 3.82. The monoisotopic (exact) mass is 202 g/mol. The van der Waals surface area contributed by atoms with E-state index in [0.717, 1.165) is 0 Å². The van der Waals surface area contributed by atoms with Crippen molar-refractivity contribution in [2.45, 2.75) is 12.4 Å². The van der Waals surface area contributed by atoms with Crippen LogP contribution in [-0.4, -0.2) is 59.3 Å². The van der Waals surface area contributed by atoms with Gasteiger partial charge in [-0.3, -0.25) is 9.63 Å². The molecule has 0 bridgehead atoms. The molecule has 0 fully saturated rings. The van der Waals surface area contributed by atoms with Crippen molar-refractivity contribution < 1.29 is 14.4 Å². The van der Waals surface area contributed by atoms with Gasteiger partial charge in [0, 0.05) is 21.2 Å². The predicted octanol–water partition coefficient (Wildman–Crippen LogP) is -1.34. The van der Waals surface area contributed by atoms with Gasteiger partial charge in [-0.15, -0.1) is 0 Å². The average Bonchev–Trinajstić information content (AvgIpc) is 2.14. The Labute approximate surface area is 86.1 Å². The fourth-order valence-corrected chi connectivity index (χ4v) is 0.901. The molecular formula is C8H19BN2O3. The quantitative estimate of drug-likeness (QED) is 0.410. The Morgan fingerprint density at radius 3 is 2.57 bits per heavy atom. The van der Waals surface area contributed by atoms with E-state index in [1.54, 1.807) is 26.3 Å². The van der Waals surface area contributed by atoms with Crippen molar-refractivity contribution in [3.05, 3.63) is 0 Å². The number of rotatable bonds is 7. The Morgan fingerprint density at radius 2 is 2.14 bits per heavy atom. The van der Waals surface area contributed by atoms with Crippen molar-refractivity contribution in [2.75, 3.05) is 34.4 Å². The molecule has 14 heavy (non-hydrogen) atoms. The Kier molecular flexibility index (Phi) is 7.46. The van der Waals surface area contributed by atoms with E-state index in [1.165, 1.54) is 0 Å². The number of hydroxylamine groups is 2. The first-order valence-electron chi connectivity index (χ1n) is 4.68. The molecule has 0 aromatic carbocycles. The lowest BCUT2D eigenvalue weighted by Crippen LogP contribution is -2.42. The molecule has 0 saturated carbocycles. The van der Waals surface area contributed by atoms with Crippen LogP contribution in [0.5, 0.6) is 0 Å². The summed E-state index contributed by atoms with van der Waals surface area (Å²) in [4.78, 5) is 16.3. The molecule has 0 aromatic heterocycles. The maximum Gasteiger partial charge on any atom is 0.212 e. The molecule has 0 aromatic rings. The molecule has 0 heterocycles. The van der Waals surface area contributed by atoms with Gasteiger partial charge >= 0.3 is 0 Å². The van der Waals surface area contributed by atoms with Crippen molar-refractivity contribution >= 4 is 13.8 Å². The third-order valence-electron chi connectivity index (χ3n) is 1.59. The summed E-state index contributed by atoms with van der Waals surface area (Å²) in [7, 11) is 7.00. The van der Waals surface area contributed by atoms with Gasteiger partial charge in [0.25, 0.3) is 0 Å². The molecule has 6 heteroatoms. The maximum atomic E-state index is 11.1. The first-order valence-corrected chi connectivity index (χ1v) is 4.68. The largest absolute Gasteiger partial charge is 0.382 e. The van der Waals surface area contributed by atoms with Crippen molar-refractivity contribution in [1.29, 1.82) is 0 Å². The highest BCUT2D eigenvalue weighted by molar-refractivity contribution is 6.19. The smallest absolute Gasteiger partial charge is 0.212 e. The molecule has 0 aliphatic rings. The molecule has 5 nitrogen and oxygen atoms in total. The first kappa shape index (κ1) is 13.4. The summed E-state index contributed by atoms with van der Waals surface area (Å²) in [5.74, 6) is 0.00871. The summed E-state index contributed by atoms with van der Waals surface area (Å²) in [6.45, 7) is 0.881. The summed E-state index contributed by atoms with van der Waals surface area (Å²) < 4.78 is 4.97. The summed E-state index contributed by atoms with van der Waals surface area (Å²) in [5, 5.41) is 4.41. The van der Waals surface area contributed by atoms with Gasteiger partial charge in [0.2, 0.25) is 5.91 Å². The third-order valence-corrected chi connectivity index (χ3v) is 1.59. The van der Waals surface area contributed by atoms with E-state index in [0.29, 0.717) is 19.5 Å². The molecule has 0 saturated heterocycles. The zero-order chi connectivity index (χ0) is 11.0. The van der Waals surface area contributed by atoms with Gasteiger partial charge in [-0.1, -0.05) is 0 Å². The lowest BCUT2D eigenvalue weighted by Gasteiger charge is -2.19. The van der Waals surface area contributed by atoms with E-state index in [9.17, 15) is 4.79 Å². The highest BCUT2D eigenvalue weighted by Gasteiger charge is 2.11. The molecule has 0 spiro atoms. The second-order valence-electron chi connectivity index (χ2n) is 3.18. The number of nitrogens with one attached hydrogen (secondary N) is 1. The number of carbonyl (C=O) groups excluding carboxylic acids is 1. The molecule has 1 N–H and O–H groups in total. The van der Waals surface area contributed by atoms with Crippen LogP contribution in [-0.2, 0) is 14.4 Å². The van der Waals surface area contributed by atoms with Crippen LogP contribution in [0, 0.1) is 0 Å². The van der Waals surface area contributed by atoms with Crippen LogP contribution in [0.25, 0.3) is 0 Å². The van der Waals surface area contributed by atoms with E-state index in [4.69, 9.17) is 9.57 Å². The molecule has 0 radical (unpaired) electrons. The zero-order valence-electron chi connectivity index (χ0n) is 9.37. The normalized spacial score (nSPS) is 12.9. The number of amides is 1. The van der Waals surface area contributed by atoms with E-state index >= 15 is 0 Å². The van der Waals surface area contributed by atoms with Crippen LogP contribution in [0.1, 0.15) is 0 Å². The number of ether oxygens (including phenoxy) is 1. The molecule has 0 aliphatic heterocycles. The molecular weight excluding hydrogens is 183 g/mol. The minimum atomic E-state index is -0.0881. The van der Waals surface area contributed by atoms with Gasteiger partial charge in [0.15, 0.2) is 0 Å². The predicted molar refractivity (Wildman–Crippen MR) is 56.8 cm³/mol. The minimum Gasteiger partial charge on any atom is -0.382 e. The number of nitrogens with zero attached hydrogens (tertiary/aromatic N) is 1. The summed E-state index contributed by atoms with van der Waals surface area (Å²) in [6.07, 6.45) is 0.474. The molecule has 1 amide bonds. The van der Waals surface area contributed by atoms with Gasteiger partial charge in [-0.25, -0.2) is 0 Å². The fourth-order valence-electron chi connectivity index (χ4n) is 0.901. The number of hydrogen-bond donors (Lipinski definition) is 1. The van der Waals surface area contributed by atoms with E-state index in [1.807, 2.05) is 7.85 Å². The van der Waals surface area contributed by atoms with Crippen molar-refractivity contribution in [3.63, 3.8) is 0 Å². The third kappa shape index (κ3) is 6.88. The van der Waals surface area contributed by atoms with Crippen LogP contribution in [0.15, 0.2) is 0 Å². The maximum absolute atomic E-state index is 11.1. The lowest BCUT2D eigenvalue weighted by molar-refractivity contribution is -0.136. The second-order valence-corrected chi connectivity index (χ2v) is 3.18. The Hall–Kier alpha value is -0.585. The fraction of sp³-hybridized carbons (Fsp3) is 0.875. The van der Waals surface area contributed by atoms with Gasteiger partial charge in [-0.2, -0.15) is 5.06 Å². The molecule has 82 valence electrons. The molecule has 1 atom stereocenters. The lowest BCUT2D eigenvalue weighted by atomic mass is 10.0. The van der Waals surface area contributed by atoms with Gasteiger partial charge < -0.3 is 10.1 Å². The second kappa shape index (κ2) is 7.79. The summed E-state index contributed by atoms with van der Waals surface area (Å²) in [5.41, 5.74) is 0. The number of methoxy groups -OCH3 is 1. The van der Waals surface area contributed by atoms with E-state index in [2.05, 4.69) is 5.32 Å². The van der Waals surface area contributed by atoms with Crippen LogP contribution in [0.2, 0.25) is 6.32 Å². The highest BCUT2D eigenvalue weighted by Crippen LogP contribution is 1.90. The van der Waals surface area contributed by atoms with Crippen molar-refractivity contribution in [1.82, 2.24) is 10.4 Å². The number of hydrogen-bond acceptors (Lipinski definition) is 4. The Morgan fingerprint density at radius 1 is 1.50 bits per heavy atom. The molecule has 1 unspecified atom stereocenters. The zero-order valence-corrected chi connectivity index (χ0v) is 9.37. The van der Waals surface area contributed by atoms with Crippen LogP contribution >= 0.6 is 0 Å². The molecule has 0 rings (SSSR count). The van der Waals surface area contributed by atoms with Gasteiger partial charge in [0.05, 0.1) is 19.3 Å². The summed E-state index contributed by atoms with van der Waals surface area (Å²) >= 11 is 0. The van der Waals surface area contributed by atoms with Crippen molar-refractivity contribution in [3.8, 4) is 0 Å². The van der Waals surface area contributed by atoms with Gasteiger partial charge in [-0.05, 0) is 6.32 Å². The topological polar surface area (TPSA) is 50.8 Å².